The second kappa shape index (κ2) is 5.49. The molecule has 0 aliphatic rings. The van der Waals surface area contributed by atoms with Crippen LogP contribution < -0.4 is 0 Å². The van der Waals surface area contributed by atoms with Gasteiger partial charge in [0.15, 0.2) is 0 Å². The van der Waals surface area contributed by atoms with Crippen molar-refractivity contribution >= 4 is 28.9 Å². The van der Waals surface area contributed by atoms with Gasteiger partial charge in [-0.15, -0.1) is 11.3 Å². The van der Waals surface area contributed by atoms with Gasteiger partial charge in [0, 0.05) is 11.4 Å². The molecule has 0 amide bonds. The van der Waals surface area contributed by atoms with Gasteiger partial charge in [-0.3, -0.25) is 9.69 Å². The van der Waals surface area contributed by atoms with Gasteiger partial charge < -0.3 is 5.11 Å². The monoisotopic (exact) mass is 247 g/mol. The maximum atomic E-state index is 10.9. The lowest BCUT2D eigenvalue weighted by molar-refractivity contribution is -0.143. The van der Waals surface area contributed by atoms with Crippen LogP contribution in [0.1, 0.15) is 18.2 Å². The molecule has 0 radical (unpaired) electrons. The molecule has 1 atom stereocenters. The molecule has 0 aromatic carbocycles. The van der Waals surface area contributed by atoms with Gasteiger partial charge in [0.05, 0.1) is 4.34 Å². The molecule has 15 heavy (non-hydrogen) atoms. The fraction of sp³-hybridized carbons (Fsp3) is 0.500. The highest BCUT2D eigenvalue weighted by Crippen LogP contribution is 2.23. The van der Waals surface area contributed by atoms with E-state index in [9.17, 15) is 4.79 Å². The summed E-state index contributed by atoms with van der Waals surface area (Å²) in [5.41, 5.74) is 0. The first kappa shape index (κ1) is 12.5. The smallest absolute Gasteiger partial charge is 0.320 e. The number of nitrogens with zero attached hydrogens (tertiary/aromatic N) is 1. The zero-order valence-corrected chi connectivity index (χ0v) is 10.3. The Bertz CT molecular complexity index is 340. The van der Waals surface area contributed by atoms with E-state index in [2.05, 4.69) is 0 Å². The number of hydrogen-bond acceptors (Lipinski definition) is 3. The van der Waals surface area contributed by atoms with Gasteiger partial charge in [0.2, 0.25) is 0 Å². The summed E-state index contributed by atoms with van der Waals surface area (Å²) in [7, 11) is 1.82. The van der Waals surface area contributed by atoms with Crippen molar-refractivity contribution in [2.24, 2.45) is 0 Å². The Morgan fingerprint density at radius 3 is 2.73 bits per heavy atom. The van der Waals surface area contributed by atoms with Crippen molar-refractivity contribution in [2.45, 2.75) is 25.9 Å². The molecule has 1 aromatic heterocycles. The van der Waals surface area contributed by atoms with Gasteiger partial charge in [0.25, 0.3) is 0 Å². The highest BCUT2D eigenvalue weighted by molar-refractivity contribution is 7.16. The summed E-state index contributed by atoms with van der Waals surface area (Å²) in [5.74, 6) is -0.775. The third-order valence-electron chi connectivity index (χ3n) is 2.24. The fourth-order valence-electron chi connectivity index (χ4n) is 1.47. The Morgan fingerprint density at radius 1 is 1.67 bits per heavy atom. The van der Waals surface area contributed by atoms with E-state index in [-0.39, 0.29) is 0 Å². The standard InChI is InChI=1S/C10H14ClNO2S/c1-3-8(10(13)14)12(2)6-7-4-5-9(11)15-7/h4-5,8H,3,6H2,1-2H3,(H,13,14). The number of carbonyl (C=O) groups is 1. The Balaban J connectivity index is 2.61. The molecule has 0 saturated heterocycles. The van der Waals surface area contributed by atoms with Crippen LogP contribution in [0, 0.1) is 0 Å². The molecule has 0 bridgehead atoms. The van der Waals surface area contributed by atoms with Crippen LogP contribution in [-0.4, -0.2) is 29.1 Å². The molecule has 1 N–H and O–H groups in total. The Hall–Kier alpha value is -0.580. The molecule has 0 spiro atoms. The van der Waals surface area contributed by atoms with Crippen LogP contribution in [0.25, 0.3) is 0 Å². The number of thiophene rings is 1. The average molecular weight is 248 g/mol. The molecule has 1 heterocycles. The maximum absolute atomic E-state index is 10.9. The predicted molar refractivity (Wildman–Crippen MR) is 62.5 cm³/mol. The highest BCUT2D eigenvalue weighted by atomic mass is 35.5. The van der Waals surface area contributed by atoms with E-state index >= 15 is 0 Å². The quantitative estimate of drug-likeness (QED) is 0.870. The Morgan fingerprint density at radius 2 is 2.33 bits per heavy atom. The van der Waals surface area contributed by atoms with Gasteiger partial charge in [-0.1, -0.05) is 18.5 Å². The molecule has 3 nitrogen and oxygen atoms in total. The van der Waals surface area contributed by atoms with Crippen molar-refractivity contribution in [3.63, 3.8) is 0 Å². The molecule has 0 aliphatic carbocycles. The summed E-state index contributed by atoms with van der Waals surface area (Å²) in [4.78, 5) is 13.8. The normalized spacial score (nSPS) is 13.1. The molecule has 1 rings (SSSR count). The second-order valence-corrected chi connectivity index (χ2v) is 5.18. The van der Waals surface area contributed by atoms with Crippen LogP contribution in [-0.2, 0) is 11.3 Å². The van der Waals surface area contributed by atoms with Crippen LogP contribution in [0.15, 0.2) is 12.1 Å². The Labute approximate surface area is 98.3 Å². The van der Waals surface area contributed by atoms with E-state index in [1.165, 1.54) is 11.3 Å². The largest absolute Gasteiger partial charge is 0.480 e. The summed E-state index contributed by atoms with van der Waals surface area (Å²) >= 11 is 7.29. The summed E-state index contributed by atoms with van der Waals surface area (Å²) in [6.45, 7) is 2.50. The van der Waals surface area contributed by atoms with E-state index in [1.807, 2.05) is 31.0 Å². The van der Waals surface area contributed by atoms with Gasteiger partial charge in [0.1, 0.15) is 6.04 Å². The second-order valence-electron chi connectivity index (χ2n) is 3.38. The van der Waals surface area contributed by atoms with Gasteiger partial charge in [-0.05, 0) is 25.6 Å². The maximum Gasteiger partial charge on any atom is 0.320 e. The lowest BCUT2D eigenvalue weighted by Crippen LogP contribution is -2.37. The minimum atomic E-state index is -0.775. The van der Waals surface area contributed by atoms with Crippen molar-refractivity contribution < 1.29 is 9.90 Å². The van der Waals surface area contributed by atoms with Crippen molar-refractivity contribution in [3.05, 3.63) is 21.3 Å². The molecular weight excluding hydrogens is 234 g/mol. The molecule has 5 heteroatoms. The third-order valence-corrected chi connectivity index (χ3v) is 3.45. The van der Waals surface area contributed by atoms with Crippen molar-refractivity contribution in [3.8, 4) is 0 Å². The van der Waals surface area contributed by atoms with Crippen LogP contribution in [0.2, 0.25) is 4.34 Å². The van der Waals surface area contributed by atoms with Gasteiger partial charge in [-0.2, -0.15) is 0 Å². The molecule has 0 aliphatic heterocycles. The molecule has 0 fully saturated rings. The number of carboxylic acids is 1. The minimum absolute atomic E-state index is 0.425. The Kier molecular flexibility index (Phi) is 4.57. The lowest BCUT2D eigenvalue weighted by Gasteiger charge is -2.22. The molecule has 1 unspecified atom stereocenters. The first-order valence-corrected chi connectivity index (χ1v) is 5.91. The first-order valence-electron chi connectivity index (χ1n) is 4.71. The van der Waals surface area contributed by atoms with Crippen LogP contribution in [0.3, 0.4) is 0 Å². The average Bonchev–Trinajstić information content (AvgIpc) is 2.51. The number of carboxylic acid groups (broad SMARTS) is 1. The number of aliphatic carboxylic acids is 1. The van der Waals surface area contributed by atoms with E-state index in [1.54, 1.807) is 0 Å². The zero-order valence-electron chi connectivity index (χ0n) is 8.74. The summed E-state index contributed by atoms with van der Waals surface area (Å²) in [6, 6.07) is 3.33. The molecule has 1 aromatic rings. The summed E-state index contributed by atoms with van der Waals surface area (Å²) in [5, 5.41) is 8.96. The van der Waals surface area contributed by atoms with E-state index in [0.29, 0.717) is 13.0 Å². The summed E-state index contributed by atoms with van der Waals surface area (Å²) < 4.78 is 0.738. The number of likely N-dealkylation sites (N-methyl/N-ethyl adjacent to an activating group) is 1. The predicted octanol–water partition coefficient (Wildman–Crippen LogP) is 2.70. The third kappa shape index (κ3) is 3.48. The molecular formula is C10H14ClNO2S. The topological polar surface area (TPSA) is 40.5 Å². The molecule has 84 valence electrons. The lowest BCUT2D eigenvalue weighted by atomic mass is 10.2. The van der Waals surface area contributed by atoms with Crippen LogP contribution >= 0.6 is 22.9 Å². The molecule has 0 saturated carbocycles. The van der Waals surface area contributed by atoms with Crippen molar-refractivity contribution in [1.82, 2.24) is 4.90 Å². The van der Waals surface area contributed by atoms with E-state index < -0.39 is 12.0 Å². The van der Waals surface area contributed by atoms with Gasteiger partial charge in [-0.25, -0.2) is 0 Å². The zero-order chi connectivity index (χ0) is 11.4. The van der Waals surface area contributed by atoms with Crippen LogP contribution in [0.5, 0.6) is 0 Å². The number of rotatable bonds is 5. The van der Waals surface area contributed by atoms with Gasteiger partial charge >= 0.3 is 5.97 Å². The highest BCUT2D eigenvalue weighted by Gasteiger charge is 2.20. The number of hydrogen-bond donors (Lipinski definition) is 1. The number of halogens is 1. The fourth-order valence-corrected chi connectivity index (χ4v) is 2.62. The van der Waals surface area contributed by atoms with Crippen molar-refractivity contribution in [1.29, 1.82) is 0 Å². The minimum Gasteiger partial charge on any atom is -0.480 e. The SMILES string of the molecule is CCC(C(=O)O)N(C)Cc1ccc(Cl)s1. The van der Waals surface area contributed by atoms with Crippen LogP contribution in [0.4, 0.5) is 0 Å². The van der Waals surface area contributed by atoms with E-state index in [0.717, 1.165) is 9.21 Å². The van der Waals surface area contributed by atoms with E-state index in [4.69, 9.17) is 16.7 Å². The van der Waals surface area contributed by atoms with Crippen molar-refractivity contribution in [2.75, 3.05) is 7.05 Å². The summed E-state index contributed by atoms with van der Waals surface area (Å²) in [6.07, 6.45) is 0.602. The first-order chi connectivity index (χ1) is 7.04.